The lowest BCUT2D eigenvalue weighted by Gasteiger charge is -2.39. The average Bonchev–Trinajstić information content (AvgIpc) is 3.20. The minimum atomic E-state index is -4.45. The summed E-state index contributed by atoms with van der Waals surface area (Å²) >= 11 is 6.07. The van der Waals surface area contributed by atoms with Crippen molar-refractivity contribution in [2.24, 2.45) is 0 Å². The molecule has 36 heavy (non-hydrogen) atoms. The van der Waals surface area contributed by atoms with Crippen LogP contribution in [0.5, 0.6) is 0 Å². The van der Waals surface area contributed by atoms with Gasteiger partial charge in [0.1, 0.15) is 0 Å². The van der Waals surface area contributed by atoms with Crippen molar-refractivity contribution < 1.29 is 26.4 Å². The van der Waals surface area contributed by atoms with E-state index in [1.54, 1.807) is 23.1 Å². The third-order valence-electron chi connectivity index (χ3n) is 6.71. The molecule has 0 aromatic heterocycles. The van der Waals surface area contributed by atoms with E-state index >= 15 is 0 Å². The van der Waals surface area contributed by atoms with Gasteiger partial charge in [0.15, 0.2) is 0 Å². The lowest BCUT2D eigenvalue weighted by atomic mass is 10.0. The number of carbonyl (C=O) groups is 1. The minimum Gasteiger partial charge on any atom is -0.329 e. The maximum Gasteiger partial charge on any atom is 0.416 e. The van der Waals surface area contributed by atoms with Crippen molar-refractivity contribution >= 4 is 27.7 Å². The molecule has 4 rings (SSSR count). The summed E-state index contributed by atoms with van der Waals surface area (Å²) in [5.74, 6) is 0. The second-order valence-corrected chi connectivity index (χ2v) is 11.5. The zero-order chi connectivity index (χ0) is 26.1. The highest BCUT2D eigenvalue weighted by Crippen LogP contribution is 2.32. The quantitative estimate of drug-likeness (QED) is 0.569. The molecule has 12 heteroatoms. The summed E-state index contributed by atoms with van der Waals surface area (Å²) in [6.07, 6.45) is -2.68. The number of benzene rings is 2. The van der Waals surface area contributed by atoms with Crippen LogP contribution >= 0.6 is 11.6 Å². The molecule has 0 radical (unpaired) electrons. The van der Waals surface area contributed by atoms with E-state index in [-0.39, 0.29) is 18.6 Å². The van der Waals surface area contributed by atoms with Gasteiger partial charge >= 0.3 is 12.2 Å². The summed E-state index contributed by atoms with van der Waals surface area (Å²) in [5.41, 5.74) is 0.664. The Balaban J connectivity index is 1.45. The number of urea groups is 1. The zero-order valence-electron chi connectivity index (χ0n) is 19.7. The van der Waals surface area contributed by atoms with Crippen molar-refractivity contribution in [2.75, 3.05) is 45.5 Å². The van der Waals surface area contributed by atoms with Crippen molar-refractivity contribution in [1.29, 1.82) is 0 Å². The van der Waals surface area contributed by atoms with Crippen LogP contribution in [0.15, 0.2) is 48.5 Å². The van der Waals surface area contributed by atoms with Gasteiger partial charge in [-0.25, -0.2) is 13.2 Å². The van der Waals surface area contributed by atoms with E-state index in [9.17, 15) is 26.4 Å². The summed E-state index contributed by atoms with van der Waals surface area (Å²) in [6, 6.07) is 11.5. The van der Waals surface area contributed by atoms with E-state index < -0.39 is 27.8 Å². The smallest absolute Gasteiger partial charge is 0.329 e. The molecule has 0 saturated carbocycles. The molecular weight excluding hydrogens is 517 g/mol. The first kappa shape index (κ1) is 26.7. The van der Waals surface area contributed by atoms with Crippen molar-refractivity contribution in [3.05, 3.63) is 70.2 Å². The number of nitrogens with one attached hydrogen (secondary N) is 1. The first-order chi connectivity index (χ1) is 16.9. The molecule has 1 N–H and O–H groups in total. The van der Waals surface area contributed by atoms with Gasteiger partial charge in [0.25, 0.3) is 0 Å². The van der Waals surface area contributed by atoms with Gasteiger partial charge in [0.05, 0.1) is 17.9 Å². The third-order valence-corrected chi connectivity index (χ3v) is 8.27. The highest BCUT2D eigenvalue weighted by atomic mass is 35.5. The van der Waals surface area contributed by atoms with Gasteiger partial charge in [0, 0.05) is 50.3 Å². The first-order valence-electron chi connectivity index (χ1n) is 11.6. The monoisotopic (exact) mass is 544 g/mol. The molecule has 1 unspecified atom stereocenters. The maximum absolute atomic E-state index is 13.1. The molecule has 2 amide bonds. The average molecular weight is 545 g/mol. The van der Waals surface area contributed by atoms with E-state index in [4.69, 9.17) is 11.6 Å². The first-order valence-corrected chi connectivity index (χ1v) is 13.8. The third kappa shape index (κ3) is 6.31. The summed E-state index contributed by atoms with van der Waals surface area (Å²) in [6.45, 7) is 2.49. The summed E-state index contributed by atoms with van der Waals surface area (Å²) in [4.78, 5) is 16.5. The van der Waals surface area contributed by atoms with Crippen LogP contribution in [0.1, 0.15) is 35.2 Å². The Hall–Kier alpha value is -2.34. The topological polar surface area (TPSA) is 73.0 Å². The fraction of sp³-hybridized carbons (Fsp3) is 0.458. The Bertz CT molecular complexity index is 1190. The maximum atomic E-state index is 13.1. The van der Waals surface area contributed by atoms with Crippen LogP contribution in [0, 0.1) is 0 Å². The van der Waals surface area contributed by atoms with Crippen molar-refractivity contribution in [3.8, 4) is 0 Å². The van der Waals surface area contributed by atoms with Crippen LogP contribution < -0.4 is 5.32 Å². The Labute approximate surface area is 213 Å². The van der Waals surface area contributed by atoms with Gasteiger partial charge in [-0.05, 0) is 41.8 Å². The van der Waals surface area contributed by atoms with Gasteiger partial charge in [0.2, 0.25) is 10.0 Å². The van der Waals surface area contributed by atoms with E-state index in [0.717, 1.165) is 17.7 Å². The van der Waals surface area contributed by atoms with Gasteiger partial charge < -0.3 is 10.2 Å². The molecule has 2 heterocycles. The fourth-order valence-electron chi connectivity index (χ4n) is 4.77. The predicted octanol–water partition coefficient (Wildman–Crippen LogP) is 4.13. The molecule has 2 aliphatic rings. The van der Waals surface area contributed by atoms with Crippen LogP contribution in [0.2, 0.25) is 5.02 Å². The van der Waals surface area contributed by atoms with Crippen molar-refractivity contribution in [3.63, 3.8) is 0 Å². The van der Waals surface area contributed by atoms with Crippen LogP contribution in [0.25, 0.3) is 0 Å². The summed E-state index contributed by atoms with van der Waals surface area (Å²) in [5, 5.41) is 3.39. The summed E-state index contributed by atoms with van der Waals surface area (Å²) < 4.78 is 64.6. The van der Waals surface area contributed by atoms with E-state index in [0.29, 0.717) is 49.7 Å². The molecule has 0 aliphatic carbocycles. The Morgan fingerprint density at radius 2 is 1.75 bits per heavy atom. The number of hydrogen-bond donors (Lipinski definition) is 1. The predicted molar refractivity (Wildman–Crippen MR) is 131 cm³/mol. The fourth-order valence-corrected chi connectivity index (χ4v) is 5.73. The molecule has 196 valence electrons. The zero-order valence-corrected chi connectivity index (χ0v) is 21.3. The van der Waals surface area contributed by atoms with E-state index in [1.807, 2.05) is 12.1 Å². The van der Waals surface area contributed by atoms with Gasteiger partial charge in [-0.15, -0.1) is 0 Å². The van der Waals surface area contributed by atoms with Crippen molar-refractivity contribution in [1.82, 2.24) is 19.4 Å². The standard InChI is InChI=1S/C24H28ClF3N4O3S/c1-36(34,35)32-13-11-30(12-14-32)22(17-5-7-20(25)8-6-17)9-10-31-16-21(29-23(31)33)18-3-2-4-19(15-18)24(26,27)28/h2-8,15,21-22H,9-14,16H2,1H3,(H,29,33)/t21?,22-/m0/s1. The van der Waals surface area contributed by atoms with Gasteiger partial charge in [-0.3, -0.25) is 4.90 Å². The minimum absolute atomic E-state index is 0.0793. The molecule has 0 spiro atoms. The molecular formula is C24H28ClF3N4O3S. The van der Waals surface area contributed by atoms with Crippen LogP contribution in [0.4, 0.5) is 18.0 Å². The normalized spacial score (nSPS) is 21.0. The number of sulfonamides is 1. The number of nitrogens with zero attached hydrogens (tertiary/aromatic N) is 3. The number of alkyl halides is 3. The SMILES string of the molecule is CS(=O)(=O)N1CCN([C@@H](CCN2CC(c3cccc(C(F)(F)F)c3)NC2=O)c2ccc(Cl)cc2)CC1. The van der Waals surface area contributed by atoms with Crippen LogP contribution in [-0.2, 0) is 16.2 Å². The molecule has 0 bridgehead atoms. The molecule has 2 aliphatic heterocycles. The number of halogens is 4. The molecule has 7 nitrogen and oxygen atoms in total. The van der Waals surface area contributed by atoms with Gasteiger partial charge in [-0.2, -0.15) is 17.5 Å². The number of hydrogen-bond acceptors (Lipinski definition) is 4. The number of rotatable bonds is 7. The molecule has 2 fully saturated rings. The molecule has 2 atom stereocenters. The Morgan fingerprint density at radius 1 is 1.08 bits per heavy atom. The summed E-state index contributed by atoms with van der Waals surface area (Å²) in [7, 11) is -3.27. The molecule has 2 aromatic rings. The Kier molecular flexibility index (Phi) is 7.84. The second-order valence-electron chi connectivity index (χ2n) is 9.13. The number of carbonyl (C=O) groups excluding carboxylic acids is 1. The van der Waals surface area contributed by atoms with Crippen LogP contribution in [-0.4, -0.2) is 74.1 Å². The lowest BCUT2D eigenvalue weighted by Crippen LogP contribution is -2.49. The van der Waals surface area contributed by atoms with Gasteiger partial charge in [-0.1, -0.05) is 35.9 Å². The highest BCUT2D eigenvalue weighted by Gasteiger charge is 2.35. The molecule has 2 aromatic carbocycles. The van der Waals surface area contributed by atoms with Crippen molar-refractivity contribution in [2.45, 2.75) is 24.7 Å². The lowest BCUT2D eigenvalue weighted by molar-refractivity contribution is -0.137. The highest BCUT2D eigenvalue weighted by molar-refractivity contribution is 7.88. The van der Waals surface area contributed by atoms with E-state index in [1.165, 1.54) is 16.6 Å². The van der Waals surface area contributed by atoms with Crippen LogP contribution in [0.3, 0.4) is 0 Å². The molecule has 2 saturated heterocycles. The number of amides is 2. The Morgan fingerprint density at radius 3 is 2.36 bits per heavy atom. The van der Waals surface area contributed by atoms with E-state index in [2.05, 4.69) is 10.2 Å². The second kappa shape index (κ2) is 10.6. The largest absolute Gasteiger partial charge is 0.416 e. The number of piperazine rings is 1.